The van der Waals surface area contributed by atoms with Crippen molar-refractivity contribution in [1.82, 2.24) is 10.3 Å². The summed E-state index contributed by atoms with van der Waals surface area (Å²) in [6.45, 7) is 6.40. The van der Waals surface area contributed by atoms with Gasteiger partial charge in [0.2, 0.25) is 0 Å². The van der Waals surface area contributed by atoms with Gasteiger partial charge in [0.05, 0.1) is 11.7 Å². The summed E-state index contributed by atoms with van der Waals surface area (Å²) >= 11 is 0. The normalized spacial score (nSPS) is 11.8. The highest BCUT2D eigenvalue weighted by Crippen LogP contribution is 2.24. The van der Waals surface area contributed by atoms with E-state index in [9.17, 15) is 9.59 Å². The average Bonchev–Trinajstić information content (AvgIpc) is 2.82. The Hall–Kier alpha value is -3.67. The summed E-state index contributed by atoms with van der Waals surface area (Å²) in [5, 5.41) is 12.3. The number of nitrogens with one attached hydrogen (secondary N) is 1. The molecule has 1 heterocycles. The Morgan fingerprint density at radius 3 is 2.50 bits per heavy atom. The van der Waals surface area contributed by atoms with Crippen LogP contribution in [0.15, 0.2) is 66.9 Å². The summed E-state index contributed by atoms with van der Waals surface area (Å²) in [6, 6.07) is 18.9. The van der Waals surface area contributed by atoms with Gasteiger partial charge in [-0.05, 0) is 60.6 Å². The molecule has 0 bridgehead atoms. The molecule has 3 aromatic rings. The van der Waals surface area contributed by atoms with Crippen LogP contribution in [0.5, 0.6) is 5.75 Å². The lowest BCUT2D eigenvalue weighted by Crippen LogP contribution is -2.30. The zero-order chi connectivity index (χ0) is 24.5. The number of carbonyl (C=O) groups excluding carboxylic acids is 1. The fraction of sp³-hybridized carbons (Fsp3) is 0.321. The molecule has 1 aromatic heterocycles. The van der Waals surface area contributed by atoms with Gasteiger partial charge in [0.15, 0.2) is 0 Å². The third-order valence-electron chi connectivity index (χ3n) is 5.59. The lowest BCUT2D eigenvalue weighted by atomic mass is 9.95. The van der Waals surface area contributed by atoms with E-state index in [4.69, 9.17) is 9.84 Å². The molecular weight excluding hydrogens is 428 g/mol. The Bertz CT molecular complexity index is 1110. The number of aryl methyl sites for hydroxylation is 2. The maximum atomic E-state index is 13.4. The summed E-state index contributed by atoms with van der Waals surface area (Å²) in [7, 11) is 0. The summed E-state index contributed by atoms with van der Waals surface area (Å²) < 4.78 is 5.91. The number of carboxylic acids is 1. The maximum absolute atomic E-state index is 13.4. The van der Waals surface area contributed by atoms with Crippen molar-refractivity contribution in [3.05, 3.63) is 94.8 Å². The molecule has 0 saturated heterocycles. The fourth-order valence-electron chi connectivity index (χ4n) is 3.84. The number of aromatic nitrogens is 1. The molecule has 0 aliphatic rings. The molecule has 6 heteroatoms. The molecule has 1 atom stereocenters. The van der Waals surface area contributed by atoms with Crippen molar-refractivity contribution in [2.75, 3.05) is 0 Å². The zero-order valence-electron chi connectivity index (χ0n) is 20.0. The molecule has 1 amide bonds. The molecule has 178 valence electrons. The van der Waals surface area contributed by atoms with E-state index < -0.39 is 5.97 Å². The monoisotopic (exact) mass is 460 g/mol. The molecule has 0 aliphatic carbocycles. The number of pyridine rings is 1. The lowest BCUT2D eigenvalue weighted by molar-refractivity contribution is -0.136. The summed E-state index contributed by atoms with van der Waals surface area (Å²) in [4.78, 5) is 28.8. The molecule has 0 spiro atoms. The summed E-state index contributed by atoms with van der Waals surface area (Å²) in [5.74, 6) is -0.0361. The highest BCUT2D eigenvalue weighted by atomic mass is 16.5. The first-order chi connectivity index (χ1) is 16.3. The standard InChI is InChI=1S/C28H32N2O4/c1-19(2)16-25(23-8-5-4-6-9-23)30-28(33)24-17-21(11-12-22(24)13-14-27(31)32)18-34-26-10-7-15-29-20(26)3/h4-12,15,17,19,25H,13-14,16,18H2,1-3H3,(H,30,33)(H,31,32). The van der Waals surface area contributed by atoms with Crippen LogP contribution in [-0.4, -0.2) is 22.0 Å². The van der Waals surface area contributed by atoms with Crippen LogP contribution in [0.4, 0.5) is 0 Å². The number of hydrogen-bond acceptors (Lipinski definition) is 4. The van der Waals surface area contributed by atoms with Crippen LogP contribution in [-0.2, 0) is 17.8 Å². The van der Waals surface area contributed by atoms with E-state index in [1.807, 2.05) is 61.5 Å². The molecule has 3 rings (SSSR count). The third-order valence-corrected chi connectivity index (χ3v) is 5.59. The smallest absolute Gasteiger partial charge is 0.303 e. The highest BCUT2D eigenvalue weighted by molar-refractivity contribution is 5.96. The Morgan fingerprint density at radius 2 is 1.82 bits per heavy atom. The van der Waals surface area contributed by atoms with Crippen molar-refractivity contribution >= 4 is 11.9 Å². The topological polar surface area (TPSA) is 88.5 Å². The van der Waals surface area contributed by atoms with Crippen LogP contribution < -0.4 is 10.1 Å². The van der Waals surface area contributed by atoms with E-state index >= 15 is 0 Å². The van der Waals surface area contributed by atoms with Crippen molar-refractivity contribution in [2.24, 2.45) is 5.92 Å². The van der Waals surface area contributed by atoms with E-state index in [2.05, 4.69) is 24.1 Å². The van der Waals surface area contributed by atoms with Crippen molar-refractivity contribution in [3.8, 4) is 5.75 Å². The lowest BCUT2D eigenvalue weighted by Gasteiger charge is -2.22. The van der Waals surface area contributed by atoms with Gasteiger partial charge in [-0.3, -0.25) is 14.6 Å². The van der Waals surface area contributed by atoms with E-state index in [-0.39, 0.29) is 31.4 Å². The van der Waals surface area contributed by atoms with E-state index in [1.54, 1.807) is 12.3 Å². The molecule has 0 fully saturated rings. The Morgan fingerprint density at radius 1 is 1.06 bits per heavy atom. The van der Waals surface area contributed by atoms with E-state index in [1.165, 1.54) is 0 Å². The minimum Gasteiger partial charge on any atom is -0.487 e. The molecule has 1 unspecified atom stereocenters. The van der Waals surface area contributed by atoms with Gasteiger partial charge < -0.3 is 15.2 Å². The first-order valence-corrected chi connectivity index (χ1v) is 11.6. The second-order valence-corrected chi connectivity index (χ2v) is 8.83. The van der Waals surface area contributed by atoms with Crippen molar-refractivity contribution in [3.63, 3.8) is 0 Å². The van der Waals surface area contributed by atoms with E-state index in [0.29, 0.717) is 22.8 Å². The van der Waals surface area contributed by atoms with Crippen LogP contribution >= 0.6 is 0 Å². The minimum atomic E-state index is -0.896. The molecular formula is C28H32N2O4. The Balaban J connectivity index is 1.85. The number of nitrogens with zero attached hydrogens (tertiary/aromatic N) is 1. The zero-order valence-corrected chi connectivity index (χ0v) is 20.0. The number of carbonyl (C=O) groups is 2. The molecule has 0 aliphatic heterocycles. The number of amides is 1. The van der Waals surface area contributed by atoms with Gasteiger partial charge in [0.25, 0.3) is 5.91 Å². The van der Waals surface area contributed by atoms with Gasteiger partial charge in [-0.2, -0.15) is 0 Å². The van der Waals surface area contributed by atoms with Crippen molar-refractivity contribution in [1.29, 1.82) is 0 Å². The summed E-state index contributed by atoms with van der Waals surface area (Å²) in [6.07, 6.45) is 2.74. The second-order valence-electron chi connectivity index (χ2n) is 8.83. The third kappa shape index (κ3) is 7.17. The van der Waals surface area contributed by atoms with Crippen LogP contribution in [0.2, 0.25) is 0 Å². The largest absolute Gasteiger partial charge is 0.487 e. The van der Waals surface area contributed by atoms with E-state index in [0.717, 1.165) is 23.2 Å². The predicted octanol–water partition coefficient (Wildman–Crippen LogP) is 5.50. The van der Waals surface area contributed by atoms with Crippen LogP contribution in [0.3, 0.4) is 0 Å². The second kappa shape index (κ2) is 12.0. The molecule has 0 saturated carbocycles. The van der Waals surface area contributed by atoms with Crippen LogP contribution in [0.1, 0.15) is 65.5 Å². The van der Waals surface area contributed by atoms with Gasteiger partial charge in [-0.25, -0.2) is 0 Å². The number of aliphatic carboxylic acids is 1. The number of hydrogen-bond donors (Lipinski definition) is 2. The Kier molecular flexibility index (Phi) is 8.79. The van der Waals surface area contributed by atoms with Gasteiger partial charge in [0, 0.05) is 18.2 Å². The number of carboxylic acid groups (broad SMARTS) is 1. The van der Waals surface area contributed by atoms with Crippen molar-refractivity contribution in [2.45, 2.75) is 52.7 Å². The maximum Gasteiger partial charge on any atom is 0.303 e. The first kappa shape index (κ1) is 25.0. The summed E-state index contributed by atoms with van der Waals surface area (Å²) in [5.41, 5.74) is 3.85. The van der Waals surface area contributed by atoms with Gasteiger partial charge in [-0.1, -0.05) is 56.3 Å². The average molecular weight is 461 g/mol. The number of ether oxygens (including phenoxy) is 1. The van der Waals surface area contributed by atoms with Crippen LogP contribution in [0, 0.1) is 12.8 Å². The highest BCUT2D eigenvalue weighted by Gasteiger charge is 2.20. The SMILES string of the molecule is Cc1ncccc1OCc1ccc(CCC(=O)O)c(C(=O)NC(CC(C)C)c2ccccc2)c1. The van der Waals surface area contributed by atoms with Crippen LogP contribution in [0.25, 0.3) is 0 Å². The minimum absolute atomic E-state index is 0.0425. The fourth-order valence-corrected chi connectivity index (χ4v) is 3.84. The molecule has 2 N–H and O–H groups in total. The van der Waals surface area contributed by atoms with Gasteiger partial charge >= 0.3 is 5.97 Å². The van der Waals surface area contributed by atoms with Gasteiger partial charge in [-0.15, -0.1) is 0 Å². The molecule has 34 heavy (non-hydrogen) atoms. The molecule has 0 radical (unpaired) electrons. The van der Waals surface area contributed by atoms with Crippen molar-refractivity contribution < 1.29 is 19.4 Å². The van der Waals surface area contributed by atoms with Gasteiger partial charge in [0.1, 0.15) is 12.4 Å². The Labute approximate surface area is 201 Å². The number of rotatable bonds is 11. The predicted molar refractivity (Wildman–Crippen MR) is 132 cm³/mol. The first-order valence-electron chi connectivity index (χ1n) is 11.6. The quantitative estimate of drug-likeness (QED) is 0.394. The molecule has 2 aromatic carbocycles. The number of benzene rings is 2. The molecule has 6 nitrogen and oxygen atoms in total.